The van der Waals surface area contributed by atoms with Gasteiger partial charge in [0, 0.05) is 23.1 Å². The number of hydrogen-bond donors (Lipinski definition) is 1. The van der Waals surface area contributed by atoms with Crippen molar-refractivity contribution in [2.75, 3.05) is 14.2 Å². The molecule has 0 unspecified atom stereocenters. The summed E-state index contributed by atoms with van der Waals surface area (Å²) in [5.41, 5.74) is 2.50. The summed E-state index contributed by atoms with van der Waals surface area (Å²) >= 11 is 0. The second-order valence-electron chi connectivity index (χ2n) is 7.72. The van der Waals surface area contributed by atoms with E-state index in [0.717, 1.165) is 5.56 Å². The summed E-state index contributed by atoms with van der Waals surface area (Å²) in [7, 11) is 3.10. The third kappa shape index (κ3) is 3.57. The third-order valence-electron chi connectivity index (χ3n) is 5.80. The second kappa shape index (κ2) is 8.02. The Hall–Kier alpha value is -4.26. The second-order valence-corrected chi connectivity index (χ2v) is 7.72. The first-order valence-corrected chi connectivity index (χ1v) is 10.3. The highest BCUT2D eigenvalue weighted by atomic mass is 16.5. The lowest BCUT2D eigenvalue weighted by Crippen LogP contribution is -2.21. The molecular formula is C26H20O7. The molecular weight excluding hydrogens is 424 g/mol. The molecule has 1 atom stereocenters. The number of phenols is 1. The molecule has 7 nitrogen and oxygen atoms in total. The monoisotopic (exact) mass is 444 g/mol. The quantitative estimate of drug-likeness (QED) is 0.361. The normalized spacial score (nSPS) is 17.8. The van der Waals surface area contributed by atoms with Crippen LogP contribution < -0.4 is 18.9 Å². The summed E-state index contributed by atoms with van der Waals surface area (Å²) in [5, 5.41) is 9.66. The zero-order valence-electron chi connectivity index (χ0n) is 18.0. The molecule has 0 spiro atoms. The van der Waals surface area contributed by atoms with E-state index in [4.69, 9.17) is 18.9 Å². The van der Waals surface area contributed by atoms with Gasteiger partial charge in [-0.2, -0.15) is 0 Å². The van der Waals surface area contributed by atoms with Gasteiger partial charge in [0.25, 0.3) is 0 Å². The lowest BCUT2D eigenvalue weighted by atomic mass is 9.84. The van der Waals surface area contributed by atoms with Crippen molar-refractivity contribution in [2.45, 2.75) is 12.3 Å². The number of hydrogen-bond acceptors (Lipinski definition) is 7. The molecule has 0 amide bonds. The number of methoxy groups -OCH3 is 2. The predicted octanol–water partition coefficient (Wildman–Crippen LogP) is 4.47. The van der Waals surface area contributed by atoms with Gasteiger partial charge in [-0.25, -0.2) is 0 Å². The van der Waals surface area contributed by atoms with E-state index in [1.54, 1.807) is 67.8 Å². The number of phenolic OH excluding ortho intramolecular Hbond substituents is 1. The fourth-order valence-corrected chi connectivity index (χ4v) is 4.18. The Kier molecular flexibility index (Phi) is 5.01. The average molecular weight is 444 g/mol. The summed E-state index contributed by atoms with van der Waals surface area (Å²) in [4.78, 5) is 25.4. The highest BCUT2D eigenvalue weighted by molar-refractivity contribution is 6.15. The summed E-state index contributed by atoms with van der Waals surface area (Å²) in [6.45, 7) is 0. The Balaban J connectivity index is 1.59. The van der Waals surface area contributed by atoms with Crippen LogP contribution in [0, 0.1) is 0 Å². The smallest absolute Gasteiger partial charge is 0.312 e. The number of carbonyl (C=O) groups is 2. The van der Waals surface area contributed by atoms with Crippen molar-refractivity contribution in [1.29, 1.82) is 0 Å². The van der Waals surface area contributed by atoms with Gasteiger partial charge in [0.05, 0.1) is 26.2 Å². The Labute approximate surface area is 189 Å². The van der Waals surface area contributed by atoms with Crippen LogP contribution in [0.1, 0.15) is 39.4 Å². The maximum atomic E-state index is 13.2. The lowest BCUT2D eigenvalue weighted by Gasteiger charge is -2.26. The van der Waals surface area contributed by atoms with Gasteiger partial charge in [-0.15, -0.1) is 0 Å². The topological polar surface area (TPSA) is 91.3 Å². The molecule has 3 aromatic carbocycles. The minimum absolute atomic E-state index is 0.0944. The molecule has 7 heteroatoms. The van der Waals surface area contributed by atoms with Gasteiger partial charge in [0.1, 0.15) is 28.7 Å². The molecule has 0 fully saturated rings. The van der Waals surface area contributed by atoms with Gasteiger partial charge in [0.15, 0.2) is 5.76 Å². The fraction of sp³-hybridized carbons (Fsp3) is 0.154. The molecule has 2 aliphatic heterocycles. The molecule has 0 saturated heterocycles. The maximum absolute atomic E-state index is 13.2. The van der Waals surface area contributed by atoms with E-state index in [1.807, 2.05) is 0 Å². The van der Waals surface area contributed by atoms with E-state index >= 15 is 0 Å². The van der Waals surface area contributed by atoms with Gasteiger partial charge >= 0.3 is 5.97 Å². The average Bonchev–Trinajstić information content (AvgIpc) is 3.14. The fourth-order valence-electron chi connectivity index (χ4n) is 4.18. The number of carbonyl (C=O) groups excluding carboxylic acids is 2. The molecule has 166 valence electrons. The summed E-state index contributed by atoms with van der Waals surface area (Å²) < 4.78 is 22.2. The molecule has 0 radical (unpaired) electrons. The lowest BCUT2D eigenvalue weighted by molar-refractivity contribution is -0.135. The zero-order chi connectivity index (χ0) is 23.1. The van der Waals surface area contributed by atoms with E-state index in [9.17, 15) is 14.7 Å². The van der Waals surface area contributed by atoms with Crippen molar-refractivity contribution >= 4 is 17.8 Å². The van der Waals surface area contributed by atoms with Gasteiger partial charge in [-0.05, 0) is 48.0 Å². The van der Waals surface area contributed by atoms with Crippen molar-refractivity contribution in [3.63, 3.8) is 0 Å². The van der Waals surface area contributed by atoms with Crippen molar-refractivity contribution in [1.82, 2.24) is 0 Å². The predicted molar refractivity (Wildman–Crippen MR) is 119 cm³/mol. The van der Waals surface area contributed by atoms with Crippen LogP contribution in [0.2, 0.25) is 0 Å². The molecule has 0 bridgehead atoms. The maximum Gasteiger partial charge on any atom is 0.312 e. The molecule has 1 N–H and O–H groups in total. The molecule has 0 aliphatic carbocycles. The zero-order valence-corrected chi connectivity index (χ0v) is 18.0. The van der Waals surface area contributed by atoms with Crippen molar-refractivity contribution in [3.8, 4) is 28.7 Å². The number of allylic oxidation sites excluding steroid dienone is 1. The SMILES string of the molecule is COc1ccc(/C=C2\Oc3c(ccc4c3[C@H](c3ccc(O)cc3)CC(=O)O4)C2=O)c(OC)c1. The van der Waals surface area contributed by atoms with Crippen molar-refractivity contribution in [3.05, 3.63) is 82.6 Å². The minimum Gasteiger partial charge on any atom is -0.508 e. The standard InChI is InChI=1S/C26H20O7/c1-30-17-8-5-15(21(12-17)31-2)11-22-25(29)18-9-10-20-24(26(18)33-22)19(13-23(28)32-20)14-3-6-16(27)7-4-14/h3-12,19,27H,13H2,1-2H3/b22-11-/t19-/m0/s1. The molecule has 0 aromatic heterocycles. The number of ketones is 1. The Morgan fingerprint density at radius 1 is 0.970 bits per heavy atom. The molecule has 33 heavy (non-hydrogen) atoms. The van der Waals surface area contributed by atoms with Gasteiger partial charge in [0.2, 0.25) is 5.78 Å². The summed E-state index contributed by atoms with van der Waals surface area (Å²) in [6.07, 6.45) is 1.72. The summed E-state index contributed by atoms with van der Waals surface area (Å²) in [6, 6.07) is 15.1. The number of esters is 1. The Morgan fingerprint density at radius 3 is 2.48 bits per heavy atom. The van der Waals surface area contributed by atoms with E-state index in [-0.39, 0.29) is 35.6 Å². The number of aromatic hydroxyl groups is 1. The first-order chi connectivity index (χ1) is 16.0. The first kappa shape index (κ1) is 20.6. The van der Waals surface area contributed by atoms with E-state index < -0.39 is 0 Å². The number of ether oxygens (including phenoxy) is 4. The summed E-state index contributed by atoms with van der Waals surface area (Å²) in [5.74, 6) is 1.15. The van der Waals surface area contributed by atoms with Crippen LogP contribution in [-0.2, 0) is 4.79 Å². The van der Waals surface area contributed by atoms with Crippen molar-refractivity contribution < 1.29 is 33.6 Å². The van der Waals surface area contributed by atoms with Crippen molar-refractivity contribution in [2.24, 2.45) is 0 Å². The number of benzene rings is 3. The number of rotatable bonds is 4. The van der Waals surface area contributed by atoms with Crippen LogP contribution in [0.25, 0.3) is 6.08 Å². The molecule has 3 aromatic rings. The van der Waals surface area contributed by atoms with Crippen LogP contribution in [0.3, 0.4) is 0 Å². The largest absolute Gasteiger partial charge is 0.508 e. The van der Waals surface area contributed by atoms with E-state index in [2.05, 4.69) is 0 Å². The van der Waals surface area contributed by atoms with E-state index in [0.29, 0.717) is 39.7 Å². The van der Waals surface area contributed by atoms with Crippen LogP contribution in [0.4, 0.5) is 0 Å². The van der Waals surface area contributed by atoms with Gasteiger partial charge < -0.3 is 24.1 Å². The Bertz CT molecular complexity index is 1300. The first-order valence-electron chi connectivity index (χ1n) is 10.3. The van der Waals surface area contributed by atoms with E-state index in [1.165, 1.54) is 7.11 Å². The van der Waals surface area contributed by atoms with Crippen LogP contribution in [0.15, 0.2) is 60.4 Å². The number of Topliss-reactive ketones (excluding diaryl/α,β-unsaturated/α-hetero) is 1. The van der Waals surface area contributed by atoms with Gasteiger partial charge in [-0.3, -0.25) is 9.59 Å². The Morgan fingerprint density at radius 2 is 1.76 bits per heavy atom. The van der Waals surface area contributed by atoms with Crippen LogP contribution in [0.5, 0.6) is 28.7 Å². The van der Waals surface area contributed by atoms with Crippen LogP contribution >= 0.6 is 0 Å². The molecule has 2 heterocycles. The number of fused-ring (bicyclic) bond motifs is 3. The highest BCUT2D eigenvalue weighted by Gasteiger charge is 2.38. The molecule has 5 rings (SSSR count). The van der Waals surface area contributed by atoms with Gasteiger partial charge in [-0.1, -0.05) is 12.1 Å². The third-order valence-corrected chi connectivity index (χ3v) is 5.80. The minimum atomic E-state index is -0.375. The highest BCUT2D eigenvalue weighted by Crippen LogP contribution is 2.49. The molecule has 2 aliphatic rings. The van der Waals surface area contributed by atoms with Crippen LogP contribution in [-0.4, -0.2) is 31.1 Å². The molecule has 0 saturated carbocycles.